The Bertz CT molecular complexity index is 734. The third-order valence-electron chi connectivity index (χ3n) is 6.09. The van der Waals surface area contributed by atoms with Crippen LogP contribution in [-0.2, 0) is 4.74 Å². The SMILES string of the molecule is CC12CC(O)=CC=C1O[C@H](c1ccc(C(N)=O)cc1)[C@@H]1CCC[C@@H]12. The number of rotatable bonds is 2. The summed E-state index contributed by atoms with van der Waals surface area (Å²) in [6.45, 7) is 2.22. The molecule has 3 N–H and O–H groups in total. The van der Waals surface area contributed by atoms with Crippen molar-refractivity contribution in [1.29, 1.82) is 0 Å². The second kappa shape index (κ2) is 5.40. The van der Waals surface area contributed by atoms with Crippen LogP contribution in [0.15, 0.2) is 47.9 Å². The molecule has 0 aromatic heterocycles. The minimum absolute atomic E-state index is 0.00685. The summed E-state index contributed by atoms with van der Waals surface area (Å²) < 4.78 is 6.43. The Kier molecular flexibility index (Phi) is 3.44. The smallest absolute Gasteiger partial charge is 0.248 e. The van der Waals surface area contributed by atoms with Gasteiger partial charge in [0.2, 0.25) is 5.91 Å². The normalized spacial score (nSPS) is 34.5. The molecule has 2 aliphatic carbocycles. The topological polar surface area (TPSA) is 72.6 Å². The second-order valence-electron chi connectivity index (χ2n) is 7.51. The zero-order valence-corrected chi connectivity index (χ0v) is 13.9. The molecule has 4 rings (SSSR count). The van der Waals surface area contributed by atoms with Gasteiger partial charge in [-0.1, -0.05) is 25.5 Å². The third kappa shape index (κ3) is 2.24. The van der Waals surface area contributed by atoms with Gasteiger partial charge >= 0.3 is 0 Å². The predicted molar refractivity (Wildman–Crippen MR) is 91.1 cm³/mol. The Morgan fingerprint density at radius 3 is 2.71 bits per heavy atom. The van der Waals surface area contributed by atoms with E-state index < -0.39 is 5.91 Å². The van der Waals surface area contributed by atoms with Gasteiger partial charge < -0.3 is 15.6 Å². The molecule has 4 atom stereocenters. The maximum Gasteiger partial charge on any atom is 0.248 e. The number of ether oxygens (including phenoxy) is 1. The van der Waals surface area contributed by atoms with Gasteiger partial charge in [-0.2, -0.15) is 0 Å². The van der Waals surface area contributed by atoms with E-state index in [1.165, 1.54) is 12.8 Å². The zero-order chi connectivity index (χ0) is 16.9. The third-order valence-corrected chi connectivity index (χ3v) is 6.09. The van der Waals surface area contributed by atoms with E-state index in [2.05, 4.69) is 6.92 Å². The number of fused-ring (bicyclic) bond motifs is 3. The van der Waals surface area contributed by atoms with Gasteiger partial charge in [-0.3, -0.25) is 4.79 Å². The van der Waals surface area contributed by atoms with Crippen molar-refractivity contribution >= 4 is 5.91 Å². The molecule has 1 aromatic rings. The summed E-state index contributed by atoms with van der Waals surface area (Å²) in [6, 6.07) is 7.47. The van der Waals surface area contributed by atoms with Crippen molar-refractivity contribution < 1.29 is 14.6 Å². The number of amides is 1. The van der Waals surface area contributed by atoms with Crippen molar-refractivity contribution in [2.75, 3.05) is 0 Å². The van der Waals surface area contributed by atoms with E-state index >= 15 is 0 Å². The number of carbonyl (C=O) groups excluding carboxylic acids is 1. The quantitative estimate of drug-likeness (QED) is 0.863. The Balaban J connectivity index is 1.71. The van der Waals surface area contributed by atoms with Crippen LogP contribution in [0.3, 0.4) is 0 Å². The Labute approximate surface area is 142 Å². The molecule has 1 aliphatic heterocycles. The fourth-order valence-electron chi connectivity index (χ4n) is 4.89. The highest BCUT2D eigenvalue weighted by molar-refractivity contribution is 5.92. The lowest BCUT2D eigenvalue weighted by Gasteiger charge is -2.49. The van der Waals surface area contributed by atoms with E-state index in [4.69, 9.17) is 10.5 Å². The molecule has 2 fully saturated rings. The molecule has 1 aromatic carbocycles. The number of benzene rings is 1. The van der Waals surface area contributed by atoms with Gasteiger partial charge in [0.05, 0.1) is 5.76 Å². The summed E-state index contributed by atoms with van der Waals surface area (Å²) in [5.41, 5.74) is 6.85. The first-order valence-electron chi connectivity index (χ1n) is 8.66. The number of primary amides is 1. The minimum atomic E-state index is -0.409. The van der Waals surface area contributed by atoms with Crippen LogP contribution in [0, 0.1) is 17.3 Å². The van der Waals surface area contributed by atoms with Gasteiger partial charge in [-0.05, 0) is 48.6 Å². The van der Waals surface area contributed by atoms with E-state index in [9.17, 15) is 9.90 Å². The first kappa shape index (κ1) is 15.3. The van der Waals surface area contributed by atoms with E-state index in [0.29, 0.717) is 29.6 Å². The van der Waals surface area contributed by atoms with Crippen LogP contribution in [0.1, 0.15) is 54.6 Å². The van der Waals surface area contributed by atoms with Gasteiger partial charge in [0.15, 0.2) is 0 Å². The molecule has 1 saturated heterocycles. The molecule has 126 valence electrons. The average Bonchev–Trinajstić information content (AvgIpc) is 3.05. The van der Waals surface area contributed by atoms with Crippen molar-refractivity contribution in [3.8, 4) is 0 Å². The Morgan fingerprint density at radius 2 is 2.00 bits per heavy atom. The molecule has 1 heterocycles. The van der Waals surface area contributed by atoms with Crippen LogP contribution in [-0.4, -0.2) is 11.0 Å². The maximum atomic E-state index is 11.3. The fraction of sp³-hybridized carbons (Fsp3) is 0.450. The first-order chi connectivity index (χ1) is 11.5. The van der Waals surface area contributed by atoms with Crippen molar-refractivity contribution in [2.24, 2.45) is 23.0 Å². The van der Waals surface area contributed by atoms with Crippen molar-refractivity contribution in [3.05, 3.63) is 59.1 Å². The van der Waals surface area contributed by atoms with Crippen LogP contribution < -0.4 is 5.73 Å². The highest BCUT2D eigenvalue weighted by Crippen LogP contribution is 2.60. The highest BCUT2D eigenvalue weighted by Gasteiger charge is 2.53. The maximum absolute atomic E-state index is 11.3. The summed E-state index contributed by atoms with van der Waals surface area (Å²) in [6.07, 6.45) is 7.85. The Morgan fingerprint density at radius 1 is 1.25 bits per heavy atom. The van der Waals surface area contributed by atoms with Gasteiger partial charge in [-0.15, -0.1) is 0 Å². The first-order valence-corrected chi connectivity index (χ1v) is 8.66. The largest absolute Gasteiger partial charge is 0.512 e. The molecule has 0 spiro atoms. The van der Waals surface area contributed by atoms with E-state index in [0.717, 1.165) is 17.7 Å². The molecule has 1 amide bonds. The van der Waals surface area contributed by atoms with Crippen molar-refractivity contribution in [1.82, 2.24) is 0 Å². The molecular formula is C20H23NO3. The number of aliphatic hydroxyl groups excluding tert-OH is 1. The molecule has 4 heteroatoms. The fourth-order valence-corrected chi connectivity index (χ4v) is 4.89. The Hall–Kier alpha value is -2.23. The van der Waals surface area contributed by atoms with Gasteiger partial charge in [0, 0.05) is 23.3 Å². The van der Waals surface area contributed by atoms with Gasteiger partial charge in [-0.25, -0.2) is 0 Å². The van der Waals surface area contributed by atoms with E-state index in [1.807, 2.05) is 18.2 Å². The summed E-state index contributed by atoms with van der Waals surface area (Å²) in [4.78, 5) is 11.3. The molecule has 0 radical (unpaired) electrons. The molecule has 4 nitrogen and oxygen atoms in total. The number of allylic oxidation sites excluding steroid dienone is 4. The predicted octanol–water partition coefficient (Wildman–Crippen LogP) is 4.01. The summed E-state index contributed by atoms with van der Waals surface area (Å²) >= 11 is 0. The number of carbonyl (C=O) groups is 1. The molecule has 1 saturated carbocycles. The standard InChI is InChI=1S/C20H23NO3/c1-20-11-14(22)9-10-17(20)24-18(15-3-2-4-16(15)20)12-5-7-13(8-6-12)19(21)23/h5-10,15-16,18,22H,2-4,11H2,1H3,(H2,21,23)/t15-,16+,18-,20?/m1/s1. The number of hydrogen-bond acceptors (Lipinski definition) is 3. The zero-order valence-electron chi connectivity index (χ0n) is 13.9. The lowest BCUT2D eigenvalue weighted by Crippen LogP contribution is -2.42. The van der Waals surface area contributed by atoms with Crippen LogP contribution in [0.4, 0.5) is 0 Å². The molecular weight excluding hydrogens is 302 g/mol. The van der Waals surface area contributed by atoms with Crippen molar-refractivity contribution in [3.63, 3.8) is 0 Å². The monoisotopic (exact) mass is 325 g/mol. The lowest BCUT2D eigenvalue weighted by atomic mass is 9.63. The van der Waals surface area contributed by atoms with Crippen LogP contribution in [0.2, 0.25) is 0 Å². The lowest BCUT2D eigenvalue weighted by molar-refractivity contribution is -0.0756. The molecule has 1 unspecified atom stereocenters. The van der Waals surface area contributed by atoms with Gasteiger partial charge in [0.1, 0.15) is 11.9 Å². The number of nitrogens with two attached hydrogens (primary N) is 1. The molecule has 24 heavy (non-hydrogen) atoms. The second-order valence-corrected chi connectivity index (χ2v) is 7.51. The van der Waals surface area contributed by atoms with Crippen molar-refractivity contribution in [2.45, 2.75) is 38.7 Å². The van der Waals surface area contributed by atoms with Crippen LogP contribution in [0.25, 0.3) is 0 Å². The average molecular weight is 325 g/mol. The summed E-state index contributed by atoms with van der Waals surface area (Å²) in [5, 5.41) is 10.0. The van der Waals surface area contributed by atoms with Gasteiger partial charge in [0.25, 0.3) is 0 Å². The summed E-state index contributed by atoms with van der Waals surface area (Å²) in [7, 11) is 0. The molecule has 3 aliphatic rings. The van der Waals surface area contributed by atoms with E-state index in [1.54, 1.807) is 18.2 Å². The molecule has 0 bridgehead atoms. The highest BCUT2D eigenvalue weighted by atomic mass is 16.5. The van der Waals surface area contributed by atoms with E-state index in [-0.39, 0.29) is 11.5 Å². The number of aliphatic hydroxyl groups is 1. The number of hydrogen-bond donors (Lipinski definition) is 2. The summed E-state index contributed by atoms with van der Waals surface area (Å²) in [5.74, 6) is 1.96. The van der Waals surface area contributed by atoms with Crippen LogP contribution >= 0.6 is 0 Å². The van der Waals surface area contributed by atoms with Crippen LogP contribution in [0.5, 0.6) is 0 Å². The minimum Gasteiger partial charge on any atom is -0.512 e.